The monoisotopic (exact) mass is 231 g/mol. The van der Waals surface area contributed by atoms with Crippen molar-refractivity contribution >= 4 is 24.0 Å². The van der Waals surface area contributed by atoms with Gasteiger partial charge < -0.3 is 5.73 Å². The van der Waals surface area contributed by atoms with Crippen LogP contribution < -0.4 is 5.73 Å². The Morgan fingerprint density at radius 1 is 1.57 bits per heavy atom. The molecule has 0 spiro atoms. The second-order valence-electron chi connectivity index (χ2n) is 3.90. The molecule has 78 valence electrons. The fourth-order valence-corrected chi connectivity index (χ4v) is 2.08. The first-order chi connectivity index (χ1) is 6.15. The molecule has 0 bridgehead atoms. The Bertz CT molecular complexity index is 327. The lowest BCUT2D eigenvalue weighted by Gasteiger charge is -2.07. The molecule has 0 heterocycles. The van der Waals surface area contributed by atoms with Crippen LogP contribution in [0, 0.1) is 0 Å². The molecular formula is C11H15Cl2N. The molecule has 1 aromatic carbocycles. The van der Waals surface area contributed by atoms with Gasteiger partial charge in [0.15, 0.2) is 0 Å². The molecule has 0 aromatic heterocycles. The van der Waals surface area contributed by atoms with Gasteiger partial charge in [-0.2, -0.15) is 0 Å². The van der Waals surface area contributed by atoms with E-state index in [9.17, 15) is 0 Å². The van der Waals surface area contributed by atoms with E-state index >= 15 is 0 Å². The average Bonchev–Trinajstić information content (AvgIpc) is 2.79. The Labute approximate surface area is 96.0 Å². The molecule has 0 unspecified atom stereocenters. The van der Waals surface area contributed by atoms with Crippen molar-refractivity contribution in [3.8, 4) is 0 Å². The van der Waals surface area contributed by atoms with E-state index in [2.05, 4.69) is 13.0 Å². The maximum Gasteiger partial charge on any atom is 0.0408 e. The Hall–Kier alpha value is -0.240. The van der Waals surface area contributed by atoms with Crippen LogP contribution in [0.25, 0.3) is 0 Å². The first-order valence-corrected chi connectivity index (χ1v) is 5.08. The maximum absolute atomic E-state index is 6.13. The molecule has 1 fully saturated rings. The Kier molecular flexibility index (Phi) is 3.46. The van der Waals surface area contributed by atoms with E-state index in [-0.39, 0.29) is 17.9 Å². The third-order valence-corrected chi connectivity index (χ3v) is 3.26. The van der Waals surface area contributed by atoms with Gasteiger partial charge in [0.05, 0.1) is 0 Å². The zero-order chi connectivity index (χ0) is 9.47. The van der Waals surface area contributed by atoms with Gasteiger partial charge in [0.25, 0.3) is 0 Å². The summed E-state index contributed by atoms with van der Waals surface area (Å²) in [6.45, 7) is 2.14. The second-order valence-corrected chi connectivity index (χ2v) is 4.33. The van der Waals surface area contributed by atoms with Crippen LogP contribution in [0.3, 0.4) is 0 Å². The lowest BCUT2D eigenvalue weighted by Crippen LogP contribution is -2.22. The van der Waals surface area contributed by atoms with E-state index in [1.54, 1.807) is 0 Å². The molecule has 1 nitrogen and oxygen atoms in total. The van der Waals surface area contributed by atoms with E-state index < -0.39 is 0 Å². The zero-order valence-electron chi connectivity index (χ0n) is 8.16. The Balaban J connectivity index is 0.000000980. The minimum absolute atomic E-state index is 0. The van der Waals surface area contributed by atoms with Crippen LogP contribution in [0.15, 0.2) is 24.3 Å². The van der Waals surface area contributed by atoms with Gasteiger partial charge in [0.2, 0.25) is 0 Å². The summed E-state index contributed by atoms with van der Waals surface area (Å²) in [5.74, 6) is 0.524. The summed E-state index contributed by atoms with van der Waals surface area (Å²) in [6.07, 6.45) is 2.15. The molecule has 2 rings (SSSR count). The van der Waals surface area contributed by atoms with Crippen molar-refractivity contribution in [3.63, 3.8) is 0 Å². The van der Waals surface area contributed by atoms with Crippen LogP contribution in [-0.2, 0) is 0 Å². The van der Waals surface area contributed by atoms with E-state index in [0.717, 1.165) is 17.9 Å². The number of halogens is 2. The summed E-state index contributed by atoms with van der Waals surface area (Å²) >= 11 is 5.91. The van der Waals surface area contributed by atoms with Crippen molar-refractivity contribution in [2.24, 2.45) is 5.73 Å². The smallest absolute Gasteiger partial charge is 0.0408 e. The van der Waals surface area contributed by atoms with Crippen LogP contribution in [0.2, 0.25) is 5.02 Å². The number of benzene rings is 1. The highest BCUT2D eigenvalue weighted by Crippen LogP contribution is 2.51. The van der Waals surface area contributed by atoms with Crippen molar-refractivity contribution < 1.29 is 0 Å². The van der Waals surface area contributed by atoms with E-state index in [1.807, 2.05) is 18.2 Å². The summed E-state index contributed by atoms with van der Waals surface area (Å²) in [5.41, 5.74) is 7.46. The summed E-state index contributed by atoms with van der Waals surface area (Å²) in [7, 11) is 0. The van der Waals surface area contributed by atoms with E-state index in [4.69, 9.17) is 17.3 Å². The van der Waals surface area contributed by atoms with Crippen molar-refractivity contribution in [1.29, 1.82) is 0 Å². The van der Waals surface area contributed by atoms with Crippen LogP contribution in [0.5, 0.6) is 0 Å². The van der Waals surface area contributed by atoms with E-state index in [1.165, 1.54) is 5.56 Å². The maximum atomic E-state index is 6.13. The van der Waals surface area contributed by atoms with Crippen LogP contribution in [0.4, 0.5) is 0 Å². The third-order valence-electron chi connectivity index (χ3n) is 3.03. The molecular weight excluding hydrogens is 217 g/mol. The largest absolute Gasteiger partial charge is 0.325 e. The van der Waals surface area contributed by atoms with Gasteiger partial charge in [0, 0.05) is 16.5 Å². The van der Waals surface area contributed by atoms with Gasteiger partial charge in [-0.15, -0.1) is 12.4 Å². The second kappa shape index (κ2) is 4.09. The first kappa shape index (κ1) is 11.8. The Morgan fingerprint density at radius 2 is 2.29 bits per heavy atom. The number of nitrogens with two attached hydrogens (primary N) is 1. The van der Waals surface area contributed by atoms with Gasteiger partial charge in [-0.05, 0) is 30.5 Å². The van der Waals surface area contributed by atoms with Crippen LogP contribution in [0.1, 0.15) is 31.2 Å². The molecule has 0 radical (unpaired) electrons. The number of hydrogen-bond acceptors (Lipinski definition) is 1. The summed E-state index contributed by atoms with van der Waals surface area (Å²) in [4.78, 5) is 0. The topological polar surface area (TPSA) is 26.0 Å². The normalized spacial score (nSPS) is 29.5. The quantitative estimate of drug-likeness (QED) is 0.831. The first-order valence-electron chi connectivity index (χ1n) is 4.70. The van der Waals surface area contributed by atoms with Crippen molar-refractivity contribution in [1.82, 2.24) is 0 Å². The molecule has 0 amide bonds. The van der Waals surface area contributed by atoms with Crippen molar-refractivity contribution in [2.45, 2.75) is 31.2 Å². The van der Waals surface area contributed by atoms with Gasteiger partial charge in [0.1, 0.15) is 0 Å². The molecule has 2 atom stereocenters. The molecule has 3 heteroatoms. The van der Waals surface area contributed by atoms with E-state index in [0.29, 0.717) is 5.92 Å². The molecule has 0 saturated heterocycles. The minimum Gasteiger partial charge on any atom is -0.325 e. The lowest BCUT2D eigenvalue weighted by molar-refractivity contribution is 0.626. The van der Waals surface area contributed by atoms with Gasteiger partial charge in [-0.1, -0.05) is 30.7 Å². The summed E-state index contributed by atoms with van der Waals surface area (Å²) < 4.78 is 0. The molecule has 1 aliphatic rings. The fraction of sp³-hybridized carbons (Fsp3) is 0.455. The minimum atomic E-state index is 0. The number of hydrogen-bond donors (Lipinski definition) is 1. The SMILES string of the molecule is CC[C@@]1(N)C[C@@H]1c1cccc(Cl)c1.Cl. The highest BCUT2D eigenvalue weighted by atomic mass is 35.5. The van der Waals surface area contributed by atoms with Gasteiger partial charge in [-0.25, -0.2) is 0 Å². The molecule has 2 N–H and O–H groups in total. The summed E-state index contributed by atoms with van der Waals surface area (Å²) in [6, 6.07) is 8.03. The third kappa shape index (κ3) is 2.05. The molecule has 1 aromatic rings. The fourth-order valence-electron chi connectivity index (χ4n) is 1.88. The van der Waals surface area contributed by atoms with Crippen molar-refractivity contribution in [3.05, 3.63) is 34.9 Å². The lowest BCUT2D eigenvalue weighted by atomic mass is 10.1. The highest BCUT2D eigenvalue weighted by Gasteiger charge is 2.49. The zero-order valence-corrected chi connectivity index (χ0v) is 9.74. The van der Waals surface area contributed by atoms with Crippen LogP contribution >= 0.6 is 24.0 Å². The molecule has 14 heavy (non-hydrogen) atoms. The molecule has 1 aliphatic carbocycles. The standard InChI is InChI=1S/C11H14ClN.ClH/c1-2-11(13)7-10(11)8-4-3-5-9(12)6-8;/h3-6,10H,2,7,13H2,1H3;1H/t10-,11-;/m1./s1. The van der Waals surface area contributed by atoms with Gasteiger partial charge in [-0.3, -0.25) is 0 Å². The van der Waals surface area contributed by atoms with Crippen molar-refractivity contribution in [2.75, 3.05) is 0 Å². The molecule has 0 aliphatic heterocycles. The highest BCUT2D eigenvalue weighted by molar-refractivity contribution is 6.30. The van der Waals surface area contributed by atoms with Gasteiger partial charge >= 0.3 is 0 Å². The predicted octanol–water partition coefficient (Wildman–Crippen LogP) is 3.36. The molecule has 1 saturated carbocycles. The van der Waals surface area contributed by atoms with Crippen LogP contribution in [-0.4, -0.2) is 5.54 Å². The predicted molar refractivity (Wildman–Crippen MR) is 63.3 cm³/mol. The summed E-state index contributed by atoms with van der Waals surface area (Å²) in [5, 5.41) is 0.808. The Morgan fingerprint density at radius 3 is 2.79 bits per heavy atom. The number of rotatable bonds is 2. The average molecular weight is 232 g/mol.